The number of para-hydroxylation sites is 1. The molecule has 5 aliphatic rings. The number of carbonyl (C=O) groups is 1. The SMILES string of the molecule is O=C(c1cc(C2C3CC4CC(C3)CC2C4)nc2ccccc12)N1CCNCC1. The first-order valence-corrected chi connectivity index (χ1v) is 11.2. The number of carbonyl (C=O) groups excluding carboxylic acids is 1. The predicted octanol–water partition coefficient (Wildman–Crippen LogP) is 3.82. The summed E-state index contributed by atoms with van der Waals surface area (Å²) in [6.45, 7) is 3.36. The maximum atomic E-state index is 13.4. The number of amides is 1. The third-order valence-electron chi connectivity index (χ3n) is 7.94. The number of piperazine rings is 1. The van der Waals surface area contributed by atoms with Crippen molar-refractivity contribution in [1.82, 2.24) is 15.2 Å². The van der Waals surface area contributed by atoms with E-state index in [0.29, 0.717) is 5.92 Å². The molecule has 0 unspecified atom stereocenters. The first kappa shape index (κ1) is 17.0. The number of aromatic nitrogens is 1. The van der Waals surface area contributed by atoms with Crippen LogP contribution in [0.25, 0.3) is 10.9 Å². The van der Waals surface area contributed by atoms with Crippen molar-refractivity contribution >= 4 is 16.8 Å². The van der Waals surface area contributed by atoms with Gasteiger partial charge < -0.3 is 10.2 Å². The van der Waals surface area contributed by atoms with Gasteiger partial charge in [0, 0.05) is 43.2 Å². The first-order chi connectivity index (χ1) is 13.8. The van der Waals surface area contributed by atoms with Gasteiger partial charge in [0.15, 0.2) is 0 Å². The van der Waals surface area contributed by atoms with E-state index >= 15 is 0 Å². The summed E-state index contributed by atoms with van der Waals surface area (Å²) in [5.41, 5.74) is 3.06. The van der Waals surface area contributed by atoms with E-state index in [0.717, 1.165) is 66.3 Å². The van der Waals surface area contributed by atoms with Crippen molar-refractivity contribution in [3.8, 4) is 0 Å². The predicted molar refractivity (Wildman–Crippen MR) is 110 cm³/mol. The molecule has 0 atom stereocenters. The summed E-state index contributed by atoms with van der Waals surface area (Å²) in [4.78, 5) is 20.6. The van der Waals surface area contributed by atoms with E-state index in [4.69, 9.17) is 4.98 Å². The average molecular weight is 376 g/mol. The van der Waals surface area contributed by atoms with Crippen molar-refractivity contribution in [3.63, 3.8) is 0 Å². The highest BCUT2D eigenvalue weighted by molar-refractivity contribution is 6.06. The highest BCUT2D eigenvalue weighted by Gasteiger charge is 2.49. The monoisotopic (exact) mass is 375 g/mol. The zero-order valence-electron chi connectivity index (χ0n) is 16.4. The molecule has 2 heterocycles. The van der Waals surface area contributed by atoms with Crippen LogP contribution in [0.2, 0.25) is 0 Å². The number of nitrogens with one attached hydrogen (secondary N) is 1. The molecule has 0 radical (unpaired) electrons. The minimum atomic E-state index is 0.185. The molecule has 1 aromatic heterocycles. The van der Waals surface area contributed by atoms with E-state index in [-0.39, 0.29) is 5.91 Å². The Morgan fingerprint density at radius 3 is 2.36 bits per heavy atom. The molecule has 5 fully saturated rings. The van der Waals surface area contributed by atoms with Crippen molar-refractivity contribution < 1.29 is 4.79 Å². The molecule has 0 spiro atoms. The van der Waals surface area contributed by atoms with Crippen LogP contribution < -0.4 is 5.32 Å². The van der Waals surface area contributed by atoms with Crippen LogP contribution in [0.3, 0.4) is 0 Å². The summed E-state index contributed by atoms with van der Waals surface area (Å²) in [7, 11) is 0. The van der Waals surface area contributed by atoms with Crippen LogP contribution in [-0.2, 0) is 0 Å². The Balaban J connectivity index is 1.43. The molecule has 1 aromatic carbocycles. The Kier molecular flexibility index (Phi) is 3.97. The van der Waals surface area contributed by atoms with Crippen molar-refractivity contribution in [1.29, 1.82) is 0 Å². The van der Waals surface area contributed by atoms with Crippen LogP contribution in [0.1, 0.15) is 54.1 Å². The summed E-state index contributed by atoms with van der Waals surface area (Å²) >= 11 is 0. The number of nitrogens with zero attached hydrogens (tertiary/aromatic N) is 2. The topological polar surface area (TPSA) is 45.2 Å². The van der Waals surface area contributed by atoms with Crippen LogP contribution in [0.15, 0.2) is 30.3 Å². The molecule has 1 aliphatic heterocycles. The fraction of sp³-hybridized carbons (Fsp3) is 0.583. The first-order valence-electron chi connectivity index (χ1n) is 11.2. The largest absolute Gasteiger partial charge is 0.336 e. The zero-order chi connectivity index (χ0) is 18.7. The number of fused-ring (bicyclic) bond motifs is 1. The third-order valence-corrected chi connectivity index (χ3v) is 7.94. The Morgan fingerprint density at radius 1 is 0.964 bits per heavy atom. The number of pyridine rings is 1. The molecule has 1 saturated heterocycles. The maximum Gasteiger partial charge on any atom is 0.254 e. The lowest BCUT2D eigenvalue weighted by atomic mass is 9.51. The van der Waals surface area contributed by atoms with Gasteiger partial charge in [0.1, 0.15) is 0 Å². The van der Waals surface area contributed by atoms with Crippen molar-refractivity contribution in [2.75, 3.05) is 26.2 Å². The lowest BCUT2D eigenvalue weighted by Gasteiger charge is -2.54. The number of benzene rings is 1. The maximum absolute atomic E-state index is 13.4. The molecule has 4 bridgehead atoms. The Hall–Kier alpha value is -1.94. The Labute approximate surface area is 166 Å². The molecule has 4 nitrogen and oxygen atoms in total. The summed E-state index contributed by atoms with van der Waals surface area (Å²) in [5, 5.41) is 4.36. The van der Waals surface area contributed by atoms with Crippen molar-refractivity contribution in [3.05, 3.63) is 41.6 Å². The molecule has 146 valence electrons. The molecule has 4 heteroatoms. The van der Waals surface area contributed by atoms with Crippen LogP contribution >= 0.6 is 0 Å². The second kappa shape index (κ2) is 6.55. The summed E-state index contributed by atoms with van der Waals surface area (Å²) in [6, 6.07) is 10.4. The molecule has 7 rings (SSSR count). The summed E-state index contributed by atoms with van der Waals surface area (Å²) < 4.78 is 0. The highest BCUT2D eigenvalue weighted by Crippen LogP contribution is 2.59. The molecule has 1 amide bonds. The number of hydrogen-bond donors (Lipinski definition) is 1. The molecule has 2 aromatic rings. The second-order valence-electron chi connectivity index (χ2n) is 9.61. The van der Waals surface area contributed by atoms with Gasteiger partial charge in [-0.15, -0.1) is 0 Å². The van der Waals surface area contributed by atoms with E-state index in [1.54, 1.807) is 0 Å². The van der Waals surface area contributed by atoms with Gasteiger partial charge in [-0.2, -0.15) is 0 Å². The minimum Gasteiger partial charge on any atom is -0.336 e. The van der Waals surface area contributed by atoms with E-state index in [9.17, 15) is 4.79 Å². The highest BCUT2D eigenvalue weighted by atomic mass is 16.2. The average Bonchev–Trinajstić information content (AvgIpc) is 2.72. The van der Waals surface area contributed by atoms with Crippen LogP contribution in [0, 0.1) is 23.7 Å². The molecule has 4 aliphatic carbocycles. The quantitative estimate of drug-likeness (QED) is 0.868. The lowest BCUT2D eigenvalue weighted by molar-refractivity contribution is -0.00408. The van der Waals surface area contributed by atoms with Crippen LogP contribution in [0.5, 0.6) is 0 Å². The van der Waals surface area contributed by atoms with E-state index < -0.39 is 0 Å². The van der Waals surface area contributed by atoms with Gasteiger partial charge in [-0.25, -0.2) is 0 Å². The van der Waals surface area contributed by atoms with E-state index in [1.165, 1.54) is 37.8 Å². The zero-order valence-corrected chi connectivity index (χ0v) is 16.4. The van der Waals surface area contributed by atoms with Gasteiger partial charge in [-0.05, 0) is 67.9 Å². The van der Waals surface area contributed by atoms with Crippen LogP contribution in [-0.4, -0.2) is 42.0 Å². The van der Waals surface area contributed by atoms with Gasteiger partial charge in [-0.3, -0.25) is 9.78 Å². The van der Waals surface area contributed by atoms with Gasteiger partial charge in [0.25, 0.3) is 5.91 Å². The molecule has 4 saturated carbocycles. The number of hydrogen-bond acceptors (Lipinski definition) is 3. The summed E-state index contributed by atoms with van der Waals surface area (Å²) in [6.07, 6.45) is 7.00. The fourth-order valence-corrected chi connectivity index (χ4v) is 6.99. The number of rotatable bonds is 2. The molecular formula is C24H29N3O. The molecule has 1 N–H and O–H groups in total. The normalized spacial score (nSPS) is 34.1. The van der Waals surface area contributed by atoms with Crippen LogP contribution in [0.4, 0.5) is 0 Å². The van der Waals surface area contributed by atoms with Gasteiger partial charge in [-0.1, -0.05) is 18.2 Å². The molecule has 28 heavy (non-hydrogen) atoms. The minimum absolute atomic E-state index is 0.185. The van der Waals surface area contributed by atoms with E-state index in [2.05, 4.69) is 29.6 Å². The fourth-order valence-electron chi connectivity index (χ4n) is 6.99. The van der Waals surface area contributed by atoms with Crippen molar-refractivity contribution in [2.24, 2.45) is 23.7 Å². The standard InChI is InChI=1S/C24H29N3O/c28-24(27-7-5-25-6-8-27)20-14-22(26-21-4-2-1-3-19(20)21)23-17-10-15-9-16(12-17)13-18(23)11-15/h1-4,14-18,23,25H,5-13H2. The second-order valence-corrected chi connectivity index (χ2v) is 9.61. The summed E-state index contributed by atoms with van der Waals surface area (Å²) in [5.74, 6) is 4.23. The van der Waals surface area contributed by atoms with E-state index in [1.807, 2.05) is 11.0 Å². The Morgan fingerprint density at radius 2 is 1.64 bits per heavy atom. The third kappa shape index (κ3) is 2.68. The van der Waals surface area contributed by atoms with Gasteiger partial charge in [0.05, 0.1) is 11.1 Å². The van der Waals surface area contributed by atoms with Gasteiger partial charge in [0.2, 0.25) is 0 Å². The van der Waals surface area contributed by atoms with Crippen molar-refractivity contribution in [2.45, 2.75) is 38.0 Å². The van der Waals surface area contributed by atoms with Gasteiger partial charge >= 0.3 is 0 Å². The molecular weight excluding hydrogens is 346 g/mol. The smallest absolute Gasteiger partial charge is 0.254 e. The lowest BCUT2D eigenvalue weighted by Crippen LogP contribution is -2.46. The Bertz CT molecular complexity index is 889.